The summed E-state index contributed by atoms with van der Waals surface area (Å²) in [6, 6.07) is 9.90. The summed E-state index contributed by atoms with van der Waals surface area (Å²) in [5.74, 6) is -1.53. The van der Waals surface area contributed by atoms with Crippen molar-refractivity contribution in [3.63, 3.8) is 0 Å². The first kappa shape index (κ1) is 15.9. The molecule has 0 aliphatic rings. The lowest BCUT2D eigenvalue weighted by Gasteiger charge is -2.14. The molecule has 0 radical (unpaired) electrons. The van der Waals surface area contributed by atoms with Crippen LogP contribution < -0.4 is 11.1 Å². The third kappa shape index (κ3) is 4.02. The number of benzene rings is 1. The van der Waals surface area contributed by atoms with E-state index in [-0.39, 0.29) is 5.69 Å². The molecule has 0 aliphatic heterocycles. The van der Waals surface area contributed by atoms with Crippen LogP contribution in [0.4, 0.5) is 0 Å². The third-order valence-corrected chi connectivity index (χ3v) is 3.38. The van der Waals surface area contributed by atoms with Crippen molar-refractivity contribution < 1.29 is 14.7 Å². The second kappa shape index (κ2) is 7.51. The topological polar surface area (TPSA) is 105 Å². The molecule has 1 heterocycles. The van der Waals surface area contributed by atoms with E-state index in [4.69, 9.17) is 5.73 Å². The van der Waals surface area contributed by atoms with E-state index in [9.17, 15) is 14.7 Å². The molecule has 1 aromatic heterocycles. The number of para-hydroxylation sites is 1. The number of carboxylic acid groups (broad SMARTS) is 1. The number of carboxylic acids is 1. The van der Waals surface area contributed by atoms with Crippen molar-refractivity contribution >= 4 is 22.8 Å². The molecule has 0 bridgehead atoms. The Morgan fingerprint density at radius 1 is 1.18 bits per heavy atom. The molecule has 0 saturated carbocycles. The zero-order valence-corrected chi connectivity index (χ0v) is 12.2. The predicted octanol–water partition coefficient (Wildman–Crippen LogP) is 1.55. The van der Waals surface area contributed by atoms with E-state index < -0.39 is 17.9 Å². The van der Waals surface area contributed by atoms with E-state index >= 15 is 0 Å². The zero-order valence-electron chi connectivity index (χ0n) is 12.2. The van der Waals surface area contributed by atoms with Gasteiger partial charge in [-0.2, -0.15) is 0 Å². The molecule has 0 spiro atoms. The van der Waals surface area contributed by atoms with Gasteiger partial charge in [0.25, 0.3) is 5.91 Å². The van der Waals surface area contributed by atoms with E-state index in [0.29, 0.717) is 24.9 Å². The maximum atomic E-state index is 12.2. The first-order chi connectivity index (χ1) is 10.6. The summed E-state index contributed by atoms with van der Waals surface area (Å²) in [5.41, 5.74) is 6.30. The van der Waals surface area contributed by atoms with Crippen LogP contribution in [-0.2, 0) is 4.79 Å². The van der Waals surface area contributed by atoms with Crippen LogP contribution >= 0.6 is 0 Å². The number of fused-ring (bicyclic) bond motifs is 1. The Kier molecular flexibility index (Phi) is 5.43. The van der Waals surface area contributed by atoms with Gasteiger partial charge in [0.05, 0.1) is 5.52 Å². The van der Waals surface area contributed by atoms with Crippen LogP contribution in [0.3, 0.4) is 0 Å². The lowest BCUT2D eigenvalue weighted by Crippen LogP contribution is -2.41. The van der Waals surface area contributed by atoms with Crippen molar-refractivity contribution in [2.24, 2.45) is 5.73 Å². The molecular weight excluding hydrogens is 282 g/mol. The van der Waals surface area contributed by atoms with Crippen LogP contribution in [0.15, 0.2) is 36.4 Å². The fourth-order valence-electron chi connectivity index (χ4n) is 2.17. The molecule has 0 aliphatic carbocycles. The fourth-order valence-corrected chi connectivity index (χ4v) is 2.17. The number of aromatic nitrogens is 1. The Balaban J connectivity index is 2.09. The van der Waals surface area contributed by atoms with Crippen LogP contribution in [0.25, 0.3) is 10.9 Å². The molecule has 1 amide bonds. The van der Waals surface area contributed by atoms with Gasteiger partial charge in [-0.25, -0.2) is 9.78 Å². The normalized spacial score (nSPS) is 12.0. The molecule has 22 heavy (non-hydrogen) atoms. The minimum Gasteiger partial charge on any atom is -0.480 e. The molecule has 2 aromatic rings. The summed E-state index contributed by atoms with van der Waals surface area (Å²) >= 11 is 0. The van der Waals surface area contributed by atoms with Crippen LogP contribution in [0.5, 0.6) is 0 Å². The minimum absolute atomic E-state index is 0.212. The van der Waals surface area contributed by atoms with Crippen molar-refractivity contribution in [2.75, 3.05) is 6.54 Å². The van der Waals surface area contributed by atoms with E-state index in [1.54, 1.807) is 12.1 Å². The van der Waals surface area contributed by atoms with Gasteiger partial charge in [-0.05, 0) is 37.9 Å². The number of carbonyl (C=O) groups excluding carboxylic acids is 1. The molecule has 116 valence electrons. The van der Waals surface area contributed by atoms with Gasteiger partial charge in [-0.15, -0.1) is 0 Å². The maximum absolute atomic E-state index is 12.2. The number of nitrogens with zero attached hydrogens (tertiary/aromatic N) is 1. The molecule has 6 heteroatoms. The van der Waals surface area contributed by atoms with Gasteiger partial charge >= 0.3 is 5.97 Å². The van der Waals surface area contributed by atoms with Crippen molar-refractivity contribution in [3.8, 4) is 0 Å². The quantitative estimate of drug-likeness (QED) is 0.673. The van der Waals surface area contributed by atoms with Gasteiger partial charge in [0.2, 0.25) is 0 Å². The zero-order chi connectivity index (χ0) is 15.9. The number of hydrogen-bond acceptors (Lipinski definition) is 4. The molecule has 0 saturated heterocycles. The van der Waals surface area contributed by atoms with Crippen LogP contribution in [0.1, 0.15) is 29.8 Å². The summed E-state index contributed by atoms with van der Waals surface area (Å²) in [6.07, 6.45) is 1.73. The van der Waals surface area contributed by atoms with Gasteiger partial charge in [-0.1, -0.05) is 24.3 Å². The SMILES string of the molecule is NCCCCC(NC(=O)c1ccc2ccccc2n1)C(=O)O. The maximum Gasteiger partial charge on any atom is 0.326 e. The Morgan fingerprint density at radius 2 is 1.95 bits per heavy atom. The highest BCUT2D eigenvalue weighted by molar-refractivity contribution is 5.96. The molecule has 4 N–H and O–H groups in total. The summed E-state index contributed by atoms with van der Waals surface area (Å²) in [7, 11) is 0. The minimum atomic E-state index is -1.05. The van der Waals surface area contributed by atoms with E-state index in [2.05, 4.69) is 10.3 Å². The predicted molar refractivity (Wildman–Crippen MR) is 83.5 cm³/mol. The Bertz CT molecular complexity index is 672. The highest BCUT2D eigenvalue weighted by atomic mass is 16.4. The second-order valence-electron chi connectivity index (χ2n) is 5.04. The highest BCUT2D eigenvalue weighted by Crippen LogP contribution is 2.12. The van der Waals surface area contributed by atoms with Crippen molar-refractivity contribution in [1.29, 1.82) is 0 Å². The van der Waals surface area contributed by atoms with Crippen molar-refractivity contribution in [3.05, 3.63) is 42.1 Å². The smallest absolute Gasteiger partial charge is 0.326 e. The summed E-state index contributed by atoms with van der Waals surface area (Å²) in [4.78, 5) is 27.6. The lowest BCUT2D eigenvalue weighted by molar-refractivity contribution is -0.139. The monoisotopic (exact) mass is 301 g/mol. The van der Waals surface area contributed by atoms with Gasteiger partial charge < -0.3 is 16.2 Å². The number of unbranched alkanes of at least 4 members (excludes halogenated alkanes) is 1. The van der Waals surface area contributed by atoms with Crippen molar-refractivity contribution in [2.45, 2.75) is 25.3 Å². The van der Waals surface area contributed by atoms with Crippen LogP contribution in [0, 0.1) is 0 Å². The number of hydrogen-bond donors (Lipinski definition) is 3. The number of nitrogens with two attached hydrogens (primary N) is 1. The molecule has 6 nitrogen and oxygen atoms in total. The molecule has 0 fully saturated rings. The number of pyridine rings is 1. The molecule has 1 atom stereocenters. The molecule has 2 rings (SSSR count). The Labute approximate surface area is 128 Å². The van der Waals surface area contributed by atoms with E-state index in [1.807, 2.05) is 24.3 Å². The Hall–Kier alpha value is -2.47. The van der Waals surface area contributed by atoms with Gasteiger partial charge in [-0.3, -0.25) is 4.79 Å². The largest absolute Gasteiger partial charge is 0.480 e. The van der Waals surface area contributed by atoms with E-state index in [0.717, 1.165) is 11.8 Å². The van der Waals surface area contributed by atoms with Gasteiger partial charge in [0, 0.05) is 5.39 Å². The molecule has 1 unspecified atom stereocenters. The average Bonchev–Trinajstić information content (AvgIpc) is 2.53. The number of rotatable bonds is 7. The summed E-state index contributed by atoms with van der Waals surface area (Å²) < 4.78 is 0. The summed E-state index contributed by atoms with van der Waals surface area (Å²) in [6.45, 7) is 0.506. The van der Waals surface area contributed by atoms with Crippen molar-refractivity contribution in [1.82, 2.24) is 10.3 Å². The second-order valence-corrected chi connectivity index (χ2v) is 5.04. The standard InChI is InChI=1S/C16H19N3O3/c17-10-4-3-7-14(16(21)22)19-15(20)13-9-8-11-5-1-2-6-12(11)18-13/h1-2,5-6,8-9,14H,3-4,7,10,17H2,(H,19,20)(H,21,22). The number of carbonyl (C=O) groups is 2. The number of nitrogens with one attached hydrogen (secondary N) is 1. The first-order valence-electron chi connectivity index (χ1n) is 7.21. The average molecular weight is 301 g/mol. The third-order valence-electron chi connectivity index (χ3n) is 3.38. The number of aliphatic carboxylic acids is 1. The van der Waals surface area contributed by atoms with Crippen LogP contribution in [0.2, 0.25) is 0 Å². The highest BCUT2D eigenvalue weighted by Gasteiger charge is 2.20. The molecular formula is C16H19N3O3. The lowest BCUT2D eigenvalue weighted by atomic mass is 10.1. The number of amides is 1. The van der Waals surface area contributed by atoms with Gasteiger partial charge in [0.1, 0.15) is 11.7 Å². The molecule has 1 aromatic carbocycles. The van der Waals surface area contributed by atoms with Gasteiger partial charge in [0.15, 0.2) is 0 Å². The fraction of sp³-hybridized carbons (Fsp3) is 0.312. The van der Waals surface area contributed by atoms with Crippen LogP contribution in [-0.4, -0.2) is 34.6 Å². The van der Waals surface area contributed by atoms with E-state index in [1.165, 1.54) is 0 Å². The first-order valence-corrected chi connectivity index (χ1v) is 7.21. The Morgan fingerprint density at radius 3 is 2.68 bits per heavy atom. The summed E-state index contributed by atoms with van der Waals surface area (Å²) in [5, 5.41) is 12.6.